The standard InChI is InChI=1S/C55H83F4N5O16S/c1-2-14-64(15-6-13-62-49(66)40-55(69)10-11-55)54(68)41-36-46-45(63-47(60)37-41)38-42(81-46)7-4-3-5-12-61-48(65)8-16-70-18-20-72-22-24-74-26-28-76-30-32-78-34-35-79-33-31-77-29-27-75-25-23-73-21-19-71-17-9-50(67)80-53-51(58)43(56)39-44(57)52(53)59/h36,38-39,69H,2-35,37,40H2,1H3,(H2,60,63)(H,61,65)(H,62,66). The lowest BCUT2D eigenvalue weighted by atomic mass is 10.1. The number of nitrogens with zero attached hydrogens (tertiary/aromatic N) is 2. The van der Waals surface area contributed by atoms with Crippen LogP contribution in [0.25, 0.3) is 6.08 Å². The fraction of sp³-hybridized carbons (Fsp3) is 0.691. The quantitative estimate of drug-likeness (QED) is 0.0220. The molecule has 21 nitrogen and oxygen atoms in total. The molecule has 0 spiro atoms. The van der Waals surface area contributed by atoms with Crippen LogP contribution in [-0.2, 0) is 73.0 Å². The fourth-order valence-electron chi connectivity index (χ4n) is 7.59. The summed E-state index contributed by atoms with van der Waals surface area (Å²) in [7, 11) is 0. The van der Waals surface area contributed by atoms with Crippen molar-refractivity contribution in [1.29, 1.82) is 0 Å². The van der Waals surface area contributed by atoms with Crippen LogP contribution < -0.4 is 21.1 Å². The van der Waals surface area contributed by atoms with Crippen molar-refractivity contribution in [2.24, 2.45) is 10.7 Å². The first kappa shape index (κ1) is 68.8. The van der Waals surface area contributed by atoms with Gasteiger partial charge in [-0.05, 0) is 57.1 Å². The highest BCUT2D eigenvalue weighted by atomic mass is 32.1. The number of amides is 3. The predicted molar refractivity (Wildman–Crippen MR) is 291 cm³/mol. The number of thiophene rings is 1. The third-order valence-corrected chi connectivity index (χ3v) is 13.1. The molecule has 0 radical (unpaired) electrons. The fourth-order valence-corrected chi connectivity index (χ4v) is 8.70. The lowest BCUT2D eigenvalue weighted by molar-refractivity contribution is -0.136. The average molecular weight is 1180 g/mol. The molecule has 2 heterocycles. The van der Waals surface area contributed by atoms with Gasteiger partial charge in [-0.2, -0.15) is 8.78 Å². The van der Waals surface area contributed by atoms with Gasteiger partial charge in [0.2, 0.25) is 35.1 Å². The Hall–Kier alpha value is -4.71. The highest BCUT2D eigenvalue weighted by molar-refractivity contribution is 7.13. The van der Waals surface area contributed by atoms with Gasteiger partial charge in [-0.15, -0.1) is 11.3 Å². The number of rotatable bonds is 49. The third kappa shape index (κ3) is 30.4. The Morgan fingerprint density at radius 3 is 1.59 bits per heavy atom. The monoisotopic (exact) mass is 1180 g/mol. The van der Waals surface area contributed by atoms with Crippen molar-refractivity contribution >= 4 is 52.6 Å². The number of nitrogens with two attached hydrogens (primary N) is 1. The molecule has 4 rings (SSSR count). The molecule has 0 atom stereocenters. The van der Waals surface area contributed by atoms with Crippen LogP contribution in [0.4, 0.5) is 23.2 Å². The number of hydrogen-bond donors (Lipinski definition) is 4. The maximum Gasteiger partial charge on any atom is 0.313 e. The number of aryl methyl sites for hydroxylation is 1. The van der Waals surface area contributed by atoms with E-state index in [1.165, 1.54) is 0 Å². The summed E-state index contributed by atoms with van der Waals surface area (Å²) < 4.78 is 112. The summed E-state index contributed by atoms with van der Waals surface area (Å²) in [6, 6.07) is 2.06. The maximum absolute atomic E-state index is 13.7. The molecule has 2 aromatic rings. The summed E-state index contributed by atoms with van der Waals surface area (Å²) in [5.41, 5.74) is 6.83. The Kier molecular flexibility index (Phi) is 35.1. The first-order valence-corrected chi connectivity index (χ1v) is 28.6. The Balaban J connectivity index is 0.833. The molecular formula is C55H83F4N5O16S. The molecule has 0 bridgehead atoms. The van der Waals surface area contributed by atoms with Crippen LogP contribution in [0.1, 0.15) is 87.3 Å². The number of nitrogens with one attached hydrogen (secondary N) is 2. The number of esters is 1. The van der Waals surface area contributed by atoms with Crippen LogP contribution in [0.3, 0.4) is 0 Å². The Morgan fingerprint density at radius 1 is 0.630 bits per heavy atom. The van der Waals surface area contributed by atoms with E-state index in [0.717, 1.165) is 47.5 Å². The number of carbonyl (C=O) groups is 4. The van der Waals surface area contributed by atoms with Gasteiger partial charge in [0.05, 0.1) is 161 Å². The van der Waals surface area contributed by atoms with Gasteiger partial charge in [0.15, 0.2) is 11.6 Å². The number of carbonyl (C=O) groups excluding carboxylic acids is 4. The van der Waals surface area contributed by atoms with Crippen molar-refractivity contribution in [2.75, 3.05) is 158 Å². The van der Waals surface area contributed by atoms with Crippen molar-refractivity contribution in [2.45, 2.75) is 89.6 Å². The normalized spacial score (nSPS) is 13.6. The number of hydrogen-bond acceptors (Lipinski definition) is 19. The first-order chi connectivity index (χ1) is 39.3. The molecule has 1 fully saturated rings. The molecule has 3 amide bonds. The smallest absolute Gasteiger partial charge is 0.313 e. The van der Waals surface area contributed by atoms with Crippen LogP contribution in [0.2, 0.25) is 0 Å². The van der Waals surface area contributed by atoms with E-state index in [9.17, 15) is 41.8 Å². The van der Waals surface area contributed by atoms with Gasteiger partial charge < -0.3 is 78.5 Å². The van der Waals surface area contributed by atoms with Gasteiger partial charge in [-0.1, -0.05) is 13.3 Å². The van der Waals surface area contributed by atoms with E-state index >= 15 is 0 Å². The van der Waals surface area contributed by atoms with Gasteiger partial charge in [-0.25, -0.2) is 13.8 Å². The Bertz CT molecular complexity index is 2200. The van der Waals surface area contributed by atoms with Crippen LogP contribution in [-0.4, -0.2) is 203 Å². The van der Waals surface area contributed by atoms with Gasteiger partial charge in [0.1, 0.15) is 5.84 Å². The summed E-state index contributed by atoms with van der Waals surface area (Å²) in [4.78, 5) is 58.3. The van der Waals surface area contributed by atoms with Crippen LogP contribution >= 0.6 is 11.3 Å². The highest BCUT2D eigenvalue weighted by Crippen LogP contribution is 2.38. The lowest BCUT2D eigenvalue weighted by Gasteiger charge is -2.23. The van der Waals surface area contributed by atoms with Crippen LogP contribution in [0, 0.1) is 23.3 Å². The van der Waals surface area contributed by atoms with E-state index in [0.29, 0.717) is 163 Å². The van der Waals surface area contributed by atoms with Crippen molar-refractivity contribution in [3.63, 3.8) is 0 Å². The molecule has 1 aromatic heterocycles. The van der Waals surface area contributed by atoms with E-state index in [1.54, 1.807) is 11.3 Å². The predicted octanol–water partition coefficient (Wildman–Crippen LogP) is 5.12. The minimum atomic E-state index is -1.80. The highest BCUT2D eigenvalue weighted by Gasteiger charge is 2.42. The SMILES string of the molecule is CCCN(CCCNC(=O)CC1(O)CC1)C(=O)C1=Cc2sc(CCCCCNC(=O)CCOCCOCCOCCOCCOCCOCCOCCOCCOCCOCCC(=O)Oc3c(F)c(F)cc(F)c3F)cc2N=C(N)C1. The summed E-state index contributed by atoms with van der Waals surface area (Å²) in [6.07, 6.45) is 8.50. The van der Waals surface area contributed by atoms with Crippen molar-refractivity contribution < 1.29 is 94.0 Å². The number of aliphatic imine (C=N–C) groups is 1. The second kappa shape index (κ2) is 41.3. The number of fused-ring (bicyclic) bond motifs is 1. The van der Waals surface area contributed by atoms with E-state index in [4.69, 9.17) is 53.1 Å². The Morgan fingerprint density at radius 2 is 1.10 bits per heavy atom. The largest absolute Gasteiger partial charge is 0.420 e. The minimum absolute atomic E-state index is 0.0143. The van der Waals surface area contributed by atoms with Gasteiger partial charge in [0, 0.05) is 55.5 Å². The summed E-state index contributed by atoms with van der Waals surface area (Å²) in [5.74, 6) is -9.44. The molecule has 1 saturated carbocycles. The van der Waals surface area contributed by atoms with E-state index in [1.807, 2.05) is 24.0 Å². The number of ether oxygens (including phenoxy) is 11. The molecule has 81 heavy (non-hydrogen) atoms. The third-order valence-electron chi connectivity index (χ3n) is 12.0. The van der Waals surface area contributed by atoms with Gasteiger partial charge in [0.25, 0.3) is 0 Å². The molecule has 5 N–H and O–H groups in total. The Labute approximate surface area is 475 Å². The van der Waals surface area contributed by atoms with E-state index in [-0.39, 0.29) is 69.5 Å². The molecule has 2 aliphatic rings. The molecule has 1 aliphatic heterocycles. The summed E-state index contributed by atoms with van der Waals surface area (Å²) in [5, 5.41) is 15.8. The number of halogens is 4. The molecule has 0 saturated heterocycles. The average Bonchev–Trinajstić information content (AvgIpc) is 4.10. The van der Waals surface area contributed by atoms with Gasteiger partial charge >= 0.3 is 5.97 Å². The molecule has 26 heteroatoms. The topological polar surface area (TPSA) is 256 Å². The van der Waals surface area contributed by atoms with Crippen LogP contribution in [0.15, 0.2) is 22.7 Å². The second-order valence-corrected chi connectivity index (χ2v) is 20.0. The number of unbranched alkanes of at least 4 members (excludes halogenated alkanes) is 2. The first-order valence-electron chi connectivity index (χ1n) is 27.8. The van der Waals surface area contributed by atoms with Crippen LogP contribution in [0.5, 0.6) is 5.75 Å². The molecular weight excluding hydrogens is 1090 g/mol. The number of benzene rings is 1. The van der Waals surface area contributed by atoms with Crippen molar-refractivity contribution in [1.82, 2.24) is 15.5 Å². The summed E-state index contributed by atoms with van der Waals surface area (Å²) in [6.45, 7) is 10.8. The van der Waals surface area contributed by atoms with Gasteiger partial charge in [-0.3, -0.25) is 19.2 Å². The number of aliphatic hydroxyl groups is 1. The molecule has 1 aliphatic carbocycles. The zero-order valence-corrected chi connectivity index (χ0v) is 47.5. The van der Waals surface area contributed by atoms with E-state index in [2.05, 4.69) is 20.4 Å². The minimum Gasteiger partial charge on any atom is -0.420 e. The van der Waals surface area contributed by atoms with Crippen molar-refractivity contribution in [3.05, 3.63) is 50.7 Å². The molecule has 458 valence electrons. The summed E-state index contributed by atoms with van der Waals surface area (Å²) >= 11 is 1.62. The zero-order valence-electron chi connectivity index (χ0n) is 46.7. The van der Waals surface area contributed by atoms with Crippen molar-refractivity contribution in [3.8, 4) is 5.75 Å². The maximum atomic E-state index is 13.7. The molecule has 1 aromatic carbocycles. The second-order valence-electron chi connectivity index (χ2n) is 18.9. The van der Waals surface area contributed by atoms with E-state index < -0.39 is 47.0 Å². The lowest BCUT2D eigenvalue weighted by Crippen LogP contribution is -2.37. The molecule has 0 unspecified atom stereocenters. The zero-order chi connectivity index (χ0) is 58.3. The number of amidine groups is 1.